The molecular weight excluding hydrogens is 160 g/mol. The summed E-state index contributed by atoms with van der Waals surface area (Å²) in [5.41, 5.74) is 0.293. The van der Waals surface area contributed by atoms with Gasteiger partial charge in [0, 0.05) is 19.1 Å². The minimum Gasteiger partial charge on any atom is -0.381 e. The average Bonchev–Trinajstić information content (AvgIpc) is 2.07. The first kappa shape index (κ1) is 9.08. The van der Waals surface area contributed by atoms with E-state index in [9.17, 15) is 0 Å². The van der Waals surface area contributed by atoms with Gasteiger partial charge in [-0.05, 0) is 24.7 Å². The SMILES string of the molecule is C=CCC1(CCl)CCOCC1. The van der Waals surface area contributed by atoms with Gasteiger partial charge in [-0.3, -0.25) is 0 Å². The summed E-state index contributed by atoms with van der Waals surface area (Å²) in [5.74, 6) is 0.738. The van der Waals surface area contributed by atoms with E-state index in [1.807, 2.05) is 6.08 Å². The van der Waals surface area contributed by atoms with Crippen molar-refractivity contribution in [3.05, 3.63) is 12.7 Å². The normalized spacial score (nSPS) is 23.0. The van der Waals surface area contributed by atoms with Gasteiger partial charge in [-0.2, -0.15) is 0 Å². The van der Waals surface area contributed by atoms with E-state index < -0.39 is 0 Å². The van der Waals surface area contributed by atoms with E-state index in [0.29, 0.717) is 5.41 Å². The third-order valence-electron chi connectivity index (χ3n) is 2.41. The van der Waals surface area contributed by atoms with Crippen molar-refractivity contribution in [1.29, 1.82) is 0 Å². The lowest BCUT2D eigenvalue weighted by atomic mass is 9.79. The Morgan fingerprint density at radius 1 is 1.45 bits per heavy atom. The van der Waals surface area contributed by atoms with Crippen molar-refractivity contribution in [2.75, 3.05) is 19.1 Å². The molecule has 1 aliphatic heterocycles. The Labute approximate surface area is 73.4 Å². The lowest BCUT2D eigenvalue weighted by Crippen LogP contribution is -2.30. The lowest BCUT2D eigenvalue weighted by molar-refractivity contribution is 0.0270. The highest BCUT2D eigenvalue weighted by Gasteiger charge is 2.29. The van der Waals surface area contributed by atoms with Gasteiger partial charge >= 0.3 is 0 Å². The second-order valence-corrected chi connectivity index (χ2v) is 3.51. The predicted octanol–water partition coefficient (Wildman–Crippen LogP) is 2.60. The summed E-state index contributed by atoms with van der Waals surface area (Å²) >= 11 is 5.91. The molecule has 0 aromatic heterocycles. The fraction of sp³-hybridized carbons (Fsp3) is 0.778. The zero-order chi connectivity index (χ0) is 8.16. The molecule has 0 saturated carbocycles. The fourth-order valence-electron chi connectivity index (χ4n) is 1.50. The first-order valence-electron chi connectivity index (χ1n) is 4.08. The third-order valence-corrected chi connectivity index (χ3v) is 2.98. The van der Waals surface area contributed by atoms with Crippen molar-refractivity contribution >= 4 is 11.6 Å². The van der Waals surface area contributed by atoms with Crippen molar-refractivity contribution in [1.82, 2.24) is 0 Å². The van der Waals surface area contributed by atoms with Gasteiger partial charge in [0.2, 0.25) is 0 Å². The first-order chi connectivity index (χ1) is 5.33. The Bertz CT molecular complexity index is 128. The van der Waals surface area contributed by atoms with Crippen LogP contribution in [0.15, 0.2) is 12.7 Å². The van der Waals surface area contributed by atoms with Crippen LogP contribution in [0.4, 0.5) is 0 Å². The highest BCUT2D eigenvalue weighted by molar-refractivity contribution is 6.18. The van der Waals surface area contributed by atoms with Crippen LogP contribution in [0.25, 0.3) is 0 Å². The van der Waals surface area contributed by atoms with E-state index in [1.165, 1.54) is 0 Å². The number of alkyl halides is 1. The summed E-state index contributed by atoms with van der Waals surface area (Å²) in [7, 11) is 0. The van der Waals surface area contributed by atoms with E-state index in [0.717, 1.165) is 38.4 Å². The Morgan fingerprint density at radius 3 is 2.55 bits per heavy atom. The number of ether oxygens (including phenoxy) is 1. The molecule has 0 spiro atoms. The summed E-state index contributed by atoms with van der Waals surface area (Å²) in [4.78, 5) is 0. The van der Waals surface area contributed by atoms with Crippen LogP contribution < -0.4 is 0 Å². The highest BCUT2D eigenvalue weighted by Crippen LogP contribution is 2.35. The summed E-state index contributed by atoms with van der Waals surface area (Å²) < 4.78 is 5.28. The minimum absolute atomic E-state index is 0.293. The smallest absolute Gasteiger partial charge is 0.0471 e. The lowest BCUT2D eigenvalue weighted by Gasteiger charge is -2.34. The van der Waals surface area contributed by atoms with Gasteiger partial charge in [-0.1, -0.05) is 6.08 Å². The average molecular weight is 175 g/mol. The Kier molecular flexibility index (Phi) is 3.41. The molecule has 2 heteroatoms. The number of allylic oxidation sites excluding steroid dienone is 1. The van der Waals surface area contributed by atoms with Gasteiger partial charge in [0.05, 0.1) is 0 Å². The molecule has 0 N–H and O–H groups in total. The second-order valence-electron chi connectivity index (χ2n) is 3.24. The van der Waals surface area contributed by atoms with Crippen LogP contribution in [0.3, 0.4) is 0 Å². The van der Waals surface area contributed by atoms with Crippen LogP contribution in [0.5, 0.6) is 0 Å². The molecular formula is C9H15ClO. The number of rotatable bonds is 3. The monoisotopic (exact) mass is 174 g/mol. The first-order valence-corrected chi connectivity index (χ1v) is 4.61. The molecule has 1 rings (SSSR count). The molecule has 1 heterocycles. The maximum absolute atomic E-state index is 5.91. The van der Waals surface area contributed by atoms with Crippen LogP contribution in [-0.4, -0.2) is 19.1 Å². The minimum atomic E-state index is 0.293. The van der Waals surface area contributed by atoms with Crippen LogP contribution in [0.2, 0.25) is 0 Å². The van der Waals surface area contributed by atoms with Crippen molar-refractivity contribution in [3.63, 3.8) is 0 Å². The van der Waals surface area contributed by atoms with E-state index >= 15 is 0 Å². The molecule has 0 unspecified atom stereocenters. The molecule has 0 aromatic carbocycles. The van der Waals surface area contributed by atoms with E-state index in [2.05, 4.69) is 6.58 Å². The molecule has 1 fully saturated rings. The largest absolute Gasteiger partial charge is 0.381 e. The van der Waals surface area contributed by atoms with E-state index in [4.69, 9.17) is 16.3 Å². The van der Waals surface area contributed by atoms with Gasteiger partial charge in [-0.15, -0.1) is 18.2 Å². The van der Waals surface area contributed by atoms with Gasteiger partial charge in [0.1, 0.15) is 0 Å². The summed E-state index contributed by atoms with van der Waals surface area (Å²) in [6.45, 7) is 5.47. The Balaban J connectivity index is 2.49. The summed E-state index contributed by atoms with van der Waals surface area (Å²) in [5, 5.41) is 0. The maximum Gasteiger partial charge on any atom is 0.0471 e. The maximum atomic E-state index is 5.91. The molecule has 0 aromatic rings. The van der Waals surface area contributed by atoms with E-state index in [1.54, 1.807) is 0 Å². The van der Waals surface area contributed by atoms with Crippen molar-refractivity contribution in [2.45, 2.75) is 19.3 Å². The quantitative estimate of drug-likeness (QED) is 0.472. The van der Waals surface area contributed by atoms with E-state index in [-0.39, 0.29) is 0 Å². The van der Waals surface area contributed by atoms with Crippen LogP contribution >= 0.6 is 11.6 Å². The molecule has 0 bridgehead atoms. The van der Waals surface area contributed by atoms with Crippen LogP contribution in [0.1, 0.15) is 19.3 Å². The molecule has 1 aliphatic rings. The van der Waals surface area contributed by atoms with Gasteiger partial charge in [0.25, 0.3) is 0 Å². The topological polar surface area (TPSA) is 9.23 Å². The molecule has 1 saturated heterocycles. The number of hydrogen-bond donors (Lipinski definition) is 0. The predicted molar refractivity (Wildman–Crippen MR) is 48.0 cm³/mol. The third kappa shape index (κ3) is 2.21. The summed E-state index contributed by atoms with van der Waals surface area (Å²) in [6.07, 6.45) is 5.17. The Morgan fingerprint density at radius 2 is 2.09 bits per heavy atom. The van der Waals surface area contributed by atoms with Crippen molar-refractivity contribution < 1.29 is 4.74 Å². The van der Waals surface area contributed by atoms with Crippen LogP contribution in [0, 0.1) is 5.41 Å². The molecule has 1 nitrogen and oxygen atoms in total. The van der Waals surface area contributed by atoms with Crippen LogP contribution in [-0.2, 0) is 4.74 Å². The van der Waals surface area contributed by atoms with Gasteiger partial charge < -0.3 is 4.74 Å². The zero-order valence-electron chi connectivity index (χ0n) is 6.81. The standard InChI is InChI=1S/C9H15ClO/c1-2-3-9(8-10)4-6-11-7-5-9/h2H,1,3-8H2. The molecule has 64 valence electrons. The zero-order valence-corrected chi connectivity index (χ0v) is 7.57. The Hall–Kier alpha value is -0.0100. The van der Waals surface area contributed by atoms with Gasteiger partial charge in [-0.25, -0.2) is 0 Å². The molecule has 0 atom stereocenters. The molecule has 0 radical (unpaired) electrons. The molecule has 11 heavy (non-hydrogen) atoms. The van der Waals surface area contributed by atoms with Crippen molar-refractivity contribution in [2.24, 2.45) is 5.41 Å². The summed E-state index contributed by atoms with van der Waals surface area (Å²) in [6, 6.07) is 0. The highest BCUT2D eigenvalue weighted by atomic mass is 35.5. The number of hydrogen-bond acceptors (Lipinski definition) is 1. The van der Waals surface area contributed by atoms with Crippen molar-refractivity contribution in [3.8, 4) is 0 Å². The molecule has 0 aliphatic carbocycles. The fourth-order valence-corrected chi connectivity index (χ4v) is 1.88. The second kappa shape index (κ2) is 4.13. The number of halogens is 1. The molecule has 0 amide bonds. The van der Waals surface area contributed by atoms with Gasteiger partial charge in [0.15, 0.2) is 0 Å².